The summed E-state index contributed by atoms with van der Waals surface area (Å²) >= 11 is 0. The number of phosphoric ester groups is 1. The molecule has 302 valence electrons. The van der Waals surface area contributed by atoms with E-state index in [0.29, 0.717) is 25.2 Å². The van der Waals surface area contributed by atoms with Gasteiger partial charge in [0.25, 0.3) is 0 Å². The van der Waals surface area contributed by atoms with Gasteiger partial charge >= 0.3 is 13.8 Å². The molecule has 0 amide bonds. The van der Waals surface area contributed by atoms with Crippen molar-refractivity contribution in [3.63, 3.8) is 0 Å². The number of unbranched alkanes of at least 4 members (excludes halogenated alkanes) is 22. The summed E-state index contributed by atoms with van der Waals surface area (Å²) in [7, 11) is -4.28. The van der Waals surface area contributed by atoms with Crippen LogP contribution in [0.15, 0.2) is 12.2 Å². The number of rotatable bonds is 40. The van der Waals surface area contributed by atoms with Crippen molar-refractivity contribution < 1.29 is 37.5 Å². The predicted octanol–water partition coefficient (Wildman–Crippen LogP) is 11.3. The van der Waals surface area contributed by atoms with E-state index in [1.54, 1.807) is 0 Å². The van der Waals surface area contributed by atoms with Crippen molar-refractivity contribution in [2.75, 3.05) is 33.0 Å². The Morgan fingerprint density at radius 1 is 0.686 bits per heavy atom. The molecule has 1 saturated heterocycles. The molecule has 0 aromatic carbocycles. The zero-order valence-corrected chi connectivity index (χ0v) is 33.9. The van der Waals surface area contributed by atoms with Gasteiger partial charge in [-0.3, -0.25) is 13.8 Å². The number of ether oxygens (including phenoxy) is 3. The van der Waals surface area contributed by atoms with E-state index in [1.807, 2.05) is 0 Å². The Morgan fingerprint density at radius 2 is 1.24 bits per heavy atom. The van der Waals surface area contributed by atoms with Gasteiger partial charge < -0.3 is 24.8 Å². The van der Waals surface area contributed by atoms with Gasteiger partial charge in [-0.25, -0.2) is 4.57 Å². The zero-order chi connectivity index (χ0) is 37.1. The SMILES string of the molecule is CCCCCCCCCCCCCCCCCCOCC(COP(=O)(O)OCCN)OC(=O)CCCCCCC/C=C\CC1OC1CCCCC. The standard InChI is InChI=1S/C41H80NO8P/c1-3-5-7-8-9-10-11-12-13-14-15-16-19-22-25-29-34-46-36-38(37-48-51(44,45)47-35-33-42)49-41(43)32-28-24-21-18-17-20-23-27-31-40-39(50-40)30-26-6-4-2/h23,27,38-40H,3-22,24-26,28-37,42H2,1-2H3,(H,44,45)/b27-23-. The molecule has 1 fully saturated rings. The highest BCUT2D eigenvalue weighted by molar-refractivity contribution is 7.47. The quantitative estimate of drug-likeness (QED) is 0.0207. The summed E-state index contributed by atoms with van der Waals surface area (Å²) in [6, 6.07) is 0. The molecule has 51 heavy (non-hydrogen) atoms. The Labute approximate surface area is 313 Å². The molecule has 9 nitrogen and oxygen atoms in total. The number of allylic oxidation sites excluding steroid dienone is 1. The van der Waals surface area contributed by atoms with Gasteiger partial charge in [0.15, 0.2) is 0 Å². The van der Waals surface area contributed by atoms with E-state index in [-0.39, 0.29) is 32.3 Å². The number of carbonyl (C=O) groups is 1. The normalized spacial score (nSPS) is 17.6. The third-order valence-corrected chi connectivity index (χ3v) is 10.6. The summed E-state index contributed by atoms with van der Waals surface area (Å²) in [5, 5.41) is 0. The zero-order valence-electron chi connectivity index (χ0n) is 33.1. The first-order valence-electron chi connectivity index (χ1n) is 21.3. The minimum Gasteiger partial charge on any atom is -0.457 e. The molecule has 10 heteroatoms. The van der Waals surface area contributed by atoms with Crippen molar-refractivity contribution in [3.05, 3.63) is 12.2 Å². The predicted molar refractivity (Wildman–Crippen MR) is 210 cm³/mol. The third kappa shape index (κ3) is 32.4. The van der Waals surface area contributed by atoms with E-state index in [0.717, 1.165) is 57.8 Å². The van der Waals surface area contributed by atoms with Gasteiger partial charge in [-0.1, -0.05) is 161 Å². The molecule has 3 N–H and O–H groups in total. The van der Waals surface area contributed by atoms with Gasteiger partial charge in [-0.2, -0.15) is 0 Å². The van der Waals surface area contributed by atoms with Crippen molar-refractivity contribution in [3.8, 4) is 0 Å². The summed E-state index contributed by atoms with van der Waals surface area (Å²) in [6.45, 7) is 4.89. The van der Waals surface area contributed by atoms with Gasteiger partial charge in [0, 0.05) is 19.6 Å². The fourth-order valence-electron chi connectivity index (χ4n) is 6.36. The lowest BCUT2D eigenvalue weighted by molar-refractivity contribution is -0.154. The number of nitrogens with two attached hydrogens (primary N) is 1. The summed E-state index contributed by atoms with van der Waals surface area (Å²) in [5.74, 6) is -0.344. The van der Waals surface area contributed by atoms with E-state index in [9.17, 15) is 14.3 Å². The molecule has 0 radical (unpaired) electrons. The average Bonchev–Trinajstić information content (AvgIpc) is 3.87. The Bertz CT molecular complexity index is 860. The molecular formula is C41H80NO8P. The second-order valence-electron chi connectivity index (χ2n) is 14.6. The number of hydrogen-bond acceptors (Lipinski definition) is 8. The summed E-state index contributed by atoms with van der Waals surface area (Å²) < 4.78 is 39.2. The van der Waals surface area contributed by atoms with Crippen LogP contribution in [0.4, 0.5) is 0 Å². The van der Waals surface area contributed by atoms with Gasteiger partial charge in [-0.05, 0) is 38.5 Å². The highest BCUT2D eigenvalue weighted by Gasteiger charge is 2.36. The van der Waals surface area contributed by atoms with E-state index in [1.165, 1.54) is 116 Å². The Morgan fingerprint density at radius 3 is 1.84 bits per heavy atom. The van der Waals surface area contributed by atoms with Crippen LogP contribution in [0, 0.1) is 0 Å². The average molecular weight is 746 g/mol. The number of epoxide rings is 1. The molecule has 1 rings (SSSR count). The highest BCUT2D eigenvalue weighted by Crippen LogP contribution is 2.43. The lowest BCUT2D eigenvalue weighted by Gasteiger charge is -2.20. The maximum absolute atomic E-state index is 12.6. The Hall–Kier alpha value is -0.800. The molecule has 4 unspecified atom stereocenters. The van der Waals surface area contributed by atoms with Gasteiger partial charge in [0.2, 0.25) is 0 Å². The summed E-state index contributed by atoms with van der Waals surface area (Å²) in [5.41, 5.74) is 5.36. The van der Waals surface area contributed by atoms with E-state index in [4.69, 9.17) is 29.0 Å². The van der Waals surface area contributed by atoms with Gasteiger partial charge in [0.05, 0.1) is 32.0 Å². The lowest BCUT2D eigenvalue weighted by Crippen LogP contribution is -2.28. The van der Waals surface area contributed by atoms with Crippen LogP contribution in [-0.2, 0) is 32.6 Å². The van der Waals surface area contributed by atoms with Crippen LogP contribution in [0.2, 0.25) is 0 Å². The maximum Gasteiger partial charge on any atom is 0.472 e. The van der Waals surface area contributed by atoms with Crippen molar-refractivity contribution >= 4 is 13.8 Å². The Balaban J connectivity index is 2.11. The highest BCUT2D eigenvalue weighted by atomic mass is 31.2. The molecule has 0 bridgehead atoms. The summed E-state index contributed by atoms with van der Waals surface area (Å²) in [4.78, 5) is 22.5. The van der Waals surface area contributed by atoms with Crippen LogP contribution in [0.1, 0.15) is 194 Å². The molecule has 0 aromatic heterocycles. The van der Waals surface area contributed by atoms with Crippen LogP contribution in [0.5, 0.6) is 0 Å². The largest absolute Gasteiger partial charge is 0.472 e. The van der Waals surface area contributed by atoms with Gasteiger partial charge in [-0.15, -0.1) is 0 Å². The molecule has 1 aliphatic rings. The molecule has 0 aliphatic carbocycles. The molecular weight excluding hydrogens is 665 g/mol. The van der Waals surface area contributed by atoms with Crippen LogP contribution in [0.25, 0.3) is 0 Å². The first kappa shape index (κ1) is 48.2. The van der Waals surface area contributed by atoms with Crippen molar-refractivity contribution in [2.45, 2.75) is 212 Å². The van der Waals surface area contributed by atoms with Crippen LogP contribution >= 0.6 is 7.82 Å². The molecule has 0 spiro atoms. The van der Waals surface area contributed by atoms with E-state index in [2.05, 4.69) is 26.0 Å². The minimum absolute atomic E-state index is 0.0979. The van der Waals surface area contributed by atoms with Crippen molar-refractivity contribution in [1.29, 1.82) is 0 Å². The lowest BCUT2D eigenvalue weighted by atomic mass is 10.0. The molecule has 0 aromatic rings. The third-order valence-electron chi connectivity index (χ3n) is 9.61. The van der Waals surface area contributed by atoms with Crippen molar-refractivity contribution in [1.82, 2.24) is 0 Å². The molecule has 4 atom stereocenters. The first-order chi connectivity index (χ1) is 24.9. The molecule has 1 aliphatic heterocycles. The topological polar surface area (TPSA) is 130 Å². The summed E-state index contributed by atoms with van der Waals surface area (Å²) in [6.07, 6.45) is 38.2. The fourth-order valence-corrected chi connectivity index (χ4v) is 7.12. The minimum atomic E-state index is -4.28. The maximum atomic E-state index is 12.6. The number of phosphoric acid groups is 1. The first-order valence-corrected chi connectivity index (χ1v) is 22.8. The monoisotopic (exact) mass is 746 g/mol. The Kier molecular flexibility index (Phi) is 33.0. The van der Waals surface area contributed by atoms with E-state index >= 15 is 0 Å². The number of esters is 1. The second kappa shape index (κ2) is 34.9. The van der Waals surface area contributed by atoms with Crippen LogP contribution < -0.4 is 5.73 Å². The molecule has 0 saturated carbocycles. The van der Waals surface area contributed by atoms with Crippen LogP contribution in [0.3, 0.4) is 0 Å². The molecule has 1 heterocycles. The number of hydrogen-bond donors (Lipinski definition) is 2. The van der Waals surface area contributed by atoms with E-state index < -0.39 is 13.9 Å². The second-order valence-corrected chi connectivity index (χ2v) is 16.1. The van der Waals surface area contributed by atoms with Crippen LogP contribution in [-0.4, -0.2) is 62.1 Å². The smallest absolute Gasteiger partial charge is 0.457 e. The van der Waals surface area contributed by atoms with Crippen molar-refractivity contribution in [2.24, 2.45) is 5.73 Å². The van der Waals surface area contributed by atoms with Gasteiger partial charge in [0.1, 0.15) is 6.10 Å². The number of carbonyl (C=O) groups excluding carboxylic acids is 1. The fraction of sp³-hybridized carbons (Fsp3) is 0.927.